The van der Waals surface area contributed by atoms with E-state index >= 15 is 0 Å². The van der Waals surface area contributed by atoms with E-state index in [1.54, 1.807) is 6.08 Å². The minimum absolute atomic E-state index is 0.121. The second-order valence-electron chi connectivity index (χ2n) is 3.38. The van der Waals surface area contributed by atoms with Crippen LogP contribution in [0.1, 0.15) is 12.0 Å². The molecule has 0 aliphatic rings. The van der Waals surface area contributed by atoms with Crippen LogP contribution in [0.15, 0.2) is 29.4 Å². The van der Waals surface area contributed by atoms with Gasteiger partial charge in [0.2, 0.25) is 0 Å². The molecule has 0 heterocycles. The molecule has 0 amide bonds. The van der Waals surface area contributed by atoms with Crippen molar-refractivity contribution in [1.82, 2.24) is 0 Å². The minimum Gasteiger partial charge on any atom is -0.406 e. The highest BCUT2D eigenvalue weighted by atomic mass is 19.4. The lowest BCUT2D eigenvalue weighted by Gasteiger charge is -2.09. The van der Waals surface area contributed by atoms with E-state index in [2.05, 4.69) is 14.8 Å². The third-order valence-corrected chi connectivity index (χ3v) is 1.96. The van der Waals surface area contributed by atoms with Gasteiger partial charge in [0.15, 0.2) is 0 Å². The first-order valence-electron chi connectivity index (χ1n) is 5.15. The molecular formula is C11H9F4N3O. The van der Waals surface area contributed by atoms with Crippen LogP contribution >= 0.6 is 0 Å². The summed E-state index contributed by atoms with van der Waals surface area (Å²) in [6.07, 6.45) is -1.50. The first kappa shape index (κ1) is 14.8. The maximum atomic E-state index is 13.4. The van der Waals surface area contributed by atoms with Gasteiger partial charge in [0, 0.05) is 23.1 Å². The van der Waals surface area contributed by atoms with Gasteiger partial charge in [-0.05, 0) is 24.1 Å². The SMILES string of the molecule is [N-]=[N+]=NCCC=Cc1ccc(OC(F)(F)F)cc1F. The molecule has 0 bridgehead atoms. The number of halogens is 4. The molecular weight excluding hydrogens is 266 g/mol. The second kappa shape index (κ2) is 6.65. The third-order valence-electron chi connectivity index (χ3n) is 1.96. The predicted molar refractivity (Wildman–Crippen MR) is 60.7 cm³/mol. The van der Waals surface area contributed by atoms with Gasteiger partial charge < -0.3 is 4.74 Å². The van der Waals surface area contributed by atoms with Gasteiger partial charge in [0.25, 0.3) is 0 Å². The highest BCUT2D eigenvalue weighted by Crippen LogP contribution is 2.24. The van der Waals surface area contributed by atoms with Crippen molar-refractivity contribution >= 4 is 6.08 Å². The average Bonchev–Trinajstić information content (AvgIpc) is 2.29. The van der Waals surface area contributed by atoms with Crippen molar-refractivity contribution in [2.24, 2.45) is 5.11 Å². The molecule has 0 fully saturated rings. The zero-order chi connectivity index (χ0) is 14.3. The summed E-state index contributed by atoms with van der Waals surface area (Å²) in [6, 6.07) is 2.84. The summed E-state index contributed by atoms with van der Waals surface area (Å²) >= 11 is 0. The summed E-state index contributed by atoms with van der Waals surface area (Å²) in [5.41, 5.74) is 8.14. The summed E-state index contributed by atoms with van der Waals surface area (Å²) in [4.78, 5) is 2.54. The minimum atomic E-state index is -4.85. The molecule has 0 saturated heterocycles. The predicted octanol–water partition coefficient (Wildman–Crippen LogP) is 4.44. The van der Waals surface area contributed by atoms with Gasteiger partial charge in [-0.25, -0.2) is 4.39 Å². The number of hydrogen-bond acceptors (Lipinski definition) is 2. The molecule has 8 heteroatoms. The topological polar surface area (TPSA) is 58.0 Å². The Balaban J connectivity index is 2.69. The Morgan fingerprint density at radius 3 is 2.68 bits per heavy atom. The number of rotatable bonds is 5. The number of nitrogens with zero attached hydrogens (tertiary/aromatic N) is 3. The molecule has 0 atom stereocenters. The van der Waals surface area contributed by atoms with Crippen molar-refractivity contribution in [3.63, 3.8) is 0 Å². The smallest absolute Gasteiger partial charge is 0.406 e. The summed E-state index contributed by atoms with van der Waals surface area (Å²) in [5, 5.41) is 3.27. The van der Waals surface area contributed by atoms with Crippen LogP contribution in [0.4, 0.5) is 17.6 Å². The normalized spacial score (nSPS) is 11.4. The fraction of sp³-hybridized carbons (Fsp3) is 0.273. The highest BCUT2D eigenvalue weighted by Gasteiger charge is 2.31. The van der Waals surface area contributed by atoms with Gasteiger partial charge in [-0.1, -0.05) is 17.3 Å². The molecule has 0 saturated carbocycles. The fourth-order valence-corrected chi connectivity index (χ4v) is 1.23. The van der Waals surface area contributed by atoms with Crippen molar-refractivity contribution in [3.8, 4) is 5.75 Å². The van der Waals surface area contributed by atoms with Crippen LogP contribution in [0.25, 0.3) is 16.5 Å². The molecule has 4 nitrogen and oxygen atoms in total. The number of benzene rings is 1. The average molecular weight is 275 g/mol. The summed E-state index contributed by atoms with van der Waals surface area (Å²) < 4.78 is 52.7. The Bertz CT molecular complexity index is 507. The maximum Gasteiger partial charge on any atom is 0.573 e. The van der Waals surface area contributed by atoms with Crippen LogP contribution in [-0.4, -0.2) is 12.9 Å². The Labute approximate surface area is 105 Å². The maximum absolute atomic E-state index is 13.4. The quantitative estimate of drug-likeness (QED) is 0.258. The van der Waals surface area contributed by atoms with Crippen LogP contribution < -0.4 is 4.74 Å². The van der Waals surface area contributed by atoms with Crippen LogP contribution in [0.3, 0.4) is 0 Å². The largest absolute Gasteiger partial charge is 0.573 e. The van der Waals surface area contributed by atoms with Gasteiger partial charge in [-0.3, -0.25) is 0 Å². The van der Waals surface area contributed by atoms with Crippen molar-refractivity contribution in [2.75, 3.05) is 6.54 Å². The lowest BCUT2D eigenvalue weighted by molar-refractivity contribution is -0.274. The molecule has 0 spiro atoms. The highest BCUT2D eigenvalue weighted by molar-refractivity contribution is 5.51. The lowest BCUT2D eigenvalue weighted by Crippen LogP contribution is -2.17. The number of azide groups is 1. The van der Waals surface area contributed by atoms with Crippen LogP contribution in [-0.2, 0) is 0 Å². The van der Waals surface area contributed by atoms with Crippen LogP contribution in [0.2, 0.25) is 0 Å². The third kappa shape index (κ3) is 5.78. The van der Waals surface area contributed by atoms with Crippen molar-refractivity contribution in [2.45, 2.75) is 12.8 Å². The van der Waals surface area contributed by atoms with Gasteiger partial charge in [-0.2, -0.15) is 0 Å². The molecule has 1 aromatic carbocycles. The number of hydrogen-bond donors (Lipinski definition) is 0. The summed E-state index contributed by atoms with van der Waals surface area (Å²) in [6.45, 7) is 0.226. The summed E-state index contributed by atoms with van der Waals surface area (Å²) in [7, 11) is 0. The Morgan fingerprint density at radius 1 is 1.37 bits per heavy atom. The van der Waals surface area contributed by atoms with Gasteiger partial charge in [-0.15, -0.1) is 13.2 Å². The van der Waals surface area contributed by atoms with Crippen LogP contribution in [0, 0.1) is 5.82 Å². The second-order valence-corrected chi connectivity index (χ2v) is 3.38. The van der Waals surface area contributed by atoms with E-state index in [0.29, 0.717) is 12.5 Å². The van der Waals surface area contributed by atoms with E-state index in [1.807, 2.05) is 0 Å². The molecule has 0 radical (unpaired) electrons. The van der Waals surface area contributed by atoms with Gasteiger partial charge >= 0.3 is 6.36 Å². The van der Waals surface area contributed by atoms with E-state index in [1.165, 1.54) is 12.1 Å². The molecule has 0 unspecified atom stereocenters. The monoisotopic (exact) mass is 275 g/mol. The molecule has 19 heavy (non-hydrogen) atoms. The molecule has 0 N–H and O–H groups in total. The van der Waals surface area contributed by atoms with E-state index in [9.17, 15) is 17.6 Å². The summed E-state index contributed by atoms with van der Waals surface area (Å²) in [5.74, 6) is -1.45. The fourth-order valence-electron chi connectivity index (χ4n) is 1.23. The first-order chi connectivity index (χ1) is 8.92. The van der Waals surface area contributed by atoms with Crippen LogP contribution in [0.5, 0.6) is 5.75 Å². The molecule has 0 aliphatic heterocycles. The Kier molecular flexibility index (Phi) is 5.20. The molecule has 1 aromatic rings. The van der Waals surface area contributed by atoms with E-state index in [-0.39, 0.29) is 12.1 Å². The van der Waals surface area contributed by atoms with Crippen molar-refractivity contribution in [3.05, 3.63) is 46.1 Å². The molecule has 0 aromatic heterocycles. The number of alkyl halides is 3. The molecule has 102 valence electrons. The standard InChI is InChI=1S/C11H9F4N3O/c12-10-7-9(19-11(13,14)15)5-4-8(10)3-1-2-6-17-18-16/h1,3-5,7H,2,6H2. The van der Waals surface area contributed by atoms with E-state index in [4.69, 9.17) is 5.53 Å². The number of ether oxygens (including phenoxy) is 1. The zero-order valence-electron chi connectivity index (χ0n) is 9.56. The van der Waals surface area contributed by atoms with E-state index < -0.39 is 17.9 Å². The Morgan fingerprint density at radius 2 is 2.11 bits per heavy atom. The zero-order valence-corrected chi connectivity index (χ0v) is 9.56. The molecule has 1 rings (SSSR count). The van der Waals surface area contributed by atoms with E-state index in [0.717, 1.165) is 6.07 Å². The molecule has 0 aliphatic carbocycles. The Hall–Kier alpha value is -2.21. The first-order valence-corrected chi connectivity index (χ1v) is 5.15. The van der Waals surface area contributed by atoms with Gasteiger partial charge in [0.1, 0.15) is 11.6 Å². The van der Waals surface area contributed by atoms with Gasteiger partial charge in [0.05, 0.1) is 0 Å². The van der Waals surface area contributed by atoms with Crippen molar-refractivity contribution in [1.29, 1.82) is 0 Å². The van der Waals surface area contributed by atoms with Crippen molar-refractivity contribution < 1.29 is 22.3 Å². The lowest BCUT2D eigenvalue weighted by atomic mass is 10.2.